The van der Waals surface area contributed by atoms with Crippen LogP contribution in [0.4, 0.5) is 0 Å². The summed E-state index contributed by atoms with van der Waals surface area (Å²) in [5.74, 6) is 1.82. The van der Waals surface area contributed by atoms with Gasteiger partial charge in [-0.05, 0) is 75.4 Å². The van der Waals surface area contributed by atoms with Crippen molar-refractivity contribution in [2.45, 2.75) is 65.2 Å². The van der Waals surface area contributed by atoms with Crippen LogP contribution < -0.4 is 10.6 Å². The number of piperidine rings is 1. The predicted octanol–water partition coefficient (Wildman–Crippen LogP) is 3.57. The van der Waals surface area contributed by atoms with E-state index in [9.17, 15) is 0 Å². The molecule has 0 unspecified atom stereocenters. The molecule has 2 rings (SSSR count). The van der Waals surface area contributed by atoms with Crippen molar-refractivity contribution in [3.05, 3.63) is 0 Å². The molecule has 1 aliphatic carbocycles. The molecule has 2 nitrogen and oxygen atoms in total. The van der Waals surface area contributed by atoms with E-state index in [0.29, 0.717) is 5.41 Å². The van der Waals surface area contributed by atoms with E-state index in [1.54, 1.807) is 0 Å². The summed E-state index contributed by atoms with van der Waals surface area (Å²) in [5.41, 5.74) is 0.641. The van der Waals surface area contributed by atoms with E-state index in [4.69, 9.17) is 0 Å². The lowest BCUT2D eigenvalue weighted by molar-refractivity contribution is 0.220. The van der Waals surface area contributed by atoms with Crippen molar-refractivity contribution in [1.29, 1.82) is 0 Å². The van der Waals surface area contributed by atoms with Gasteiger partial charge in [-0.1, -0.05) is 26.7 Å². The fraction of sp³-hybridized carbons (Fsp3) is 1.00. The van der Waals surface area contributed by atoms with E-state index >= 15 is 0 Å². The van der Waals surface area contributed by atoms with Gasteiger partial charge in [0, 0.05) is 6.54 Å². The first-order valence-electron chi connectivity index (χ1n) is 8.62. The van der Waals surface area contributed by atoms with Gasteiger partial charge < -0.3 is 10.6 Å². The van der Waals surface area contributed by atoms with E-state index in [-0.39, 0.29) is 0 Å². The Morgan fingerprint density at radius 2 is 1.84 bits per heavy atom. The van der Waals surface area contributed by atoms with Gasteiger partial charge in [-0.2, -0.15) is 0 Å². The first kappa shape index (κ1) is 15.3. The standard InChI is InChI=1S/C17H34N2/c1-15(2)13-17(8-3-4-9-17)14-19-12-7-16-5-10-18-11-6-16/h15-16,18-19H,3-14H2,1-2H3. The topological polar surface area (TPSA) is 24.1 Å². The predicted molar refractivity (Wildman–Crippen MR) is 83.4 cm³/mol. The Morgan fingerprint density at radius 1 is 1.16 bits per heavy atom. The highest BCUT2D eigenvalue weighted by Gasteiger charge is 2.33. The average molecular weight is 266 g/mol. The van der Waals surface area contributed by atoms with E-state index in [0.717, 1.165) is 11.8 Å². The molecule has 0 spiro atoms. The van der Waals surface area contributed by atoms with E-state index < -0.39 is 0 Å². The molecule has 19 heavy (non-hydrogen) atoms. The van der Waals surface area contributed by atoms with E-state index in [1.807, 2.05) is 0 Å². The molecule has 112 valence electrons. The summed E-state index contributed by atoms with van der Waals surface area (Å²) in [6.45, 7) is 9.76. The molecular formula is C17H34N2. The molecule has 2 fully saturated rings. The molecule has 1 heterocycles. The third kappa shape index (κ3) is 5.07. The summed E-state index contributed by atoms with van der Waals surface area (Å²) < 4.78 is 0. The summed E-state index contributed by atoms with van der Waals surface area (Å²) in [5, 5.41) is 7.26. The molecule has 0 aromatic rings. The summed E-state index contributed by atoms with van der Waals surface area (Å²) in [6, 6.07) is 0. The molecule has 2 N–H and O–H groups in total. The Labute approximate surface area is 120 Å². The molecular weight excluding hydrogens is 232 g/mol. The second-order valence-corrected chi connectivity index (χ2v) is 7.46. The Hall–Kier alpha value is -0.0800. The Morgan fingerprint density at radius 3 is 2.47 bits per heavy atom. The van der Waals surface area contributed by atoms with E-state index in [1.165, 1.54) is 77.5 Å². The number of hydrogen-bond donors (Lipinski definition) is 2. The van der Waals surface area contributed by atoms with Crippen molar-refractivity contribution in [2.24, 2.45) is 17.3 Å². The summed E-state index contributed by atoms with van der Waals surface area (Å²) in [7, 11) is 0. The van der Waals surface area contributed by atoms with Gasteiger partial charge in [-0.25, -0.2) is 0 Å². The van der Waals surface area contributed by atoms with Crippen LogP contribution in [0.3, 0.4) is 0 Å². The van der Waals surface area contributed by atoms with Crippen LogP contribution >= 0.6 is 0 Å². The second-order valence-electron chi connectivity index (χ2n) is 7.46. The van der Waals surface area contributed by atoms with Crippen LogP contribution in [0.25, 0.3) is 0 Å². The van der Waals surface area contributed by atoms with Crippen molar-refractivity contribution in [2.75, 3.05) is 26.2 Å². The van der Waals surface area contributed by atoms with Crippen LogP contribution in [0.1, 0.15) is 65.2 Å². The monoisotopic (exact) mass is 266 g/mol. The largest absolute Gasteiger partial charge is 0.317 e. The van der Waals surface area contributed by atoms with Gasteiger partial charge >= 0.3 is 0 Å². The third-order valence-corrected chi connectivity index (χ3v) is 5.19. The van der Waals surface area contributed by atoms with Crippen LogP contribution in [0.2, 0.25) is 0 Å². The molecule has 1 aliphatic heterocycles. The van der Waals surface area contributed by atoms with Crippen LogP contribution in [0.15, 0.2) is 0 Å². The number of hydrogen-bond acceptors (Lipinski definition) is 2. The van der Waals surface area contributed by atoms with Crippen molar-refractivity contribution in [3.63, 3.8) is 0 Å². The number of rotatable bonds is 7. The van der Waals surface area contributed by atoms with Gasteiger partial charge in [0.1, 0.15) is 0 Å². The fourth-order valence-corrected chi connectivity index (χ4v) is 4.27. The highest BCUT2D eigenvalue weighted by atomic mass is 14.9. The minimum atomic E-state index is 0.641. The van der Waals surface area contributed by atoms with E-state index in [2.05, 4.69) is 24.5 Å². The fourth-order valence-electron chi connectivity index (χ4n) is 4.27. The molecule has 0 bridgehead atoms. The normalized spacial score (nSPS) is 24.2. The maximum Gasteiger partial charge on any atom is 0.000791 e. The van der Waals surface area contributed by atoms with Crippen LogP contribution in [0.5, 0.6) is 0 Å². The van der Waals surface area contributed by atoms with Gasteiger partial charge in [-0.15, -0.1) is 0 Å². The zero-order valence-corrected chi connectivity index (χ0v) is 13.1. The number of nitrogens with one attached hydrogen (secondary N) is 2. The highest BCUT2D eigenvalue weighted by Crippen LogP contribution is 2.42. The first-order chi connectivity index (χ1) is 9.20. The Bertz CT molecular complexity index is 238. The van der Waals surface area contributed by atoms with Gasteiger partial charge in [0.15, 0.2) is 0 Å². The Balaban J connectivity index is 1.64. The van der Waals surface area contributed by atoms with Crippen molar-refractivity contribution in [1.82, 2.24) is 10.6 Å². The highest BCUT2D eigenvalue weighted by molar-refractivity contribution is 4.87. The van der Waals surface area contributed by atoms with Gasteiger partial charge in [0.25, 0.3) is 0 Å². The smallest absolute Gasteiger partial charge is 0.000791 e. The van der Waals surface area contributed by atoms with Crippen molar-refractivity contribution < 1.29 is 0 Å². The maximum absolute atomic E-state index is 3.80. The Kier molecular flexibility index (Phi) is 6.15. The molecule has 2 aliphatic rings. The lowest BCUT2D eigenvalue weighted by Crippen LogP contribution is -2.35. The van der Waals surface area contributed by atoms with Gasteiger partial charge in [0.2, 0.25) is 0 Å². The molecule has 0 atom stereocenters. The second kappa shape index (κ2) is 7.64. The lowest BCUT2D eigenvalue weighted by atomic mass is 9.78. The summed E-state index contributed by atoms with van der Waals surface area (Å²) in [4.78, 5) is 0. The maximum atomic E-state index is 3.80. The molecule has 1 saturated heterocycles. The molecule has 0 amide bonds. The molecule has 2 heteroatoms. The lowest BCUT2D eigenvalue weighted by Gasteiger charge is -2.32. The molecule has 0 aromatic heterocycles. The van der Waals surface area contributed by atoms with Crippen molar-refractivity contribution in [3.8, 4) is 0 Å². The molecule has 1 saturated carbocycles. The molecule has 0 aromatic carbocycles. The SMILES string of the molecule is CC(C)CC1(CNCCC2CCNCC2)CCCC1. The quantitative estimate of drug-likeness (QED) is 0.688. The zero-order valence-electron chi connectivity index (χ0n) is 13.1. The molecule has 0 radical (unpaired) electrons. The first-order valence-corrected chi connectivity index (χ1v) is 8.62. The minimum Gasteiger partial charge on any atom is -0.317 e. The van der Waals surface area contributed by atoms with Gasteiger partial charge in [0.05, 0.1) is 0 Å². The third-order valence-electron chi connectivity index (χ3n) is 5.19. The zero-order chi connectivity index (χ0) is 13.6. The summed E-state index contributed by atoms with van der Waals surface area (Å²) >= 11 is 0. The van der Waals surface area contributed by atoms with Gasteiger partial charge in [-0.3, -0.25) is 0 Å². The minimum absolute atomic E-state index is 0.641. The average Bonchev–Trinajstić information content (AvgIpc) is 2.84. The van der Waals surface area contributed by atoms with Crippen molar-refractivity contribution >= 4 is 0 Å². The van der Waals surface area contributed by atoms with Crippen LogP contribution in [-0.2, 0) is 0 Å². The van der Waals surface area contributed by atoms with Crippen LogP contribution in [-0.4, -0.2) is 26.2 Å². The summed E-state index contributed by atoms with van der Waals surface area (Å²) in [6.07, 6.45) is 11.4. The van der Waals surface area contributed by atoms with Crippen LogP contribution in [0, 0.1) is 17.3 Å².